The van der Waals surface area contributed by atoms with Crippen LogP contribution in [0, 0.1) is 0 Å². The summed E-state index contributed by atoms with van der Waals surface area (Å²) in [5.41, 5.74) is 2.28. The average Bonchev–Trinajstić information content (AvgIpc) is 2.97. The summed E-state index contributed by atoms with van der Waals surface area (Å²) in [7, 11) is -3.92. The molecule has 1 aliphatic carbocycles. The molecular weight excluding hydrogens is 332 g/mol. The van der Waals surface area contributed by atoms with Crippen molar-refractivity contribution >= 4 is 21.2 Å². The molecule has 0 heterocycles. The van der Waals surface area contributed by atoms with Gasteiger partial charge in [-0.15, -0.1) is 0 Å². The van der Waals surface area contributed by atoms with E-state index >= 15 is 0 Å². The average molecular weight is 346 g/mol. The molecule has 1 aliphatic rings. The van der Waals surface area contributed by atoms with Crippen molar-refractivity contribution in [3.63, 3.8) is 0 Å². The Morgan fingerprint density at radius 2 is 1.12 bits per heavy atom. The standard InChI is InChI=1S/C21H14O3S/c22-20-18-14-8-7-13-17(18)19(15-9-3-1-4-10-15)21(20)25(23,24)16-11-5-2-6-12-16/h1-14H. The third kappa shape index (κ3) is 2.42. The summed E-state index contributed by atoms with van der Waals surface area (Å²) >= 11 is 0. The van der Waals surface area contributed by atoms with Gasteiger partial charge in [-0.1, -0.05) is 72.8 Å². The predicted molar refractivity (Wildman–Crippen MR) is 96.9 cm³/mol. The van der Waals surface area contributed by atoms with Crippen molar-refractivity contribution < 1.29 is 13.2 Å². The van der Waals surface area contributed by atoms with Gasteiger partial charge in [0.25, 0.3) is 0 Å². The zero-order valence-electron chi connectivity index (χ0n) is 13.2. The Morgan fingerprint density at radius 3 is 1.76 bits per heavy atom. The Morgan fingerprint density at radius 1 is 0.600 bits per heavy atom. The van der Waals surface area contributed by atoms with Crippen LogP contribution in [0.15, 0.2) is 94.7 Å². The summed E-state index contributed by atoms with van der Waals surface area (Å²) in [6, 6.07) is 24.3. The van der Waals surface area contributed by atoms with Crippen LogP contribution < -0.4 is 0 Å². The molecule has 0 bridgehead atoms. The van der Waals surface area contributed by atoms with E-state index in [-0.39, 0.29) is 9.80 Å². The van der Waals surface area contributed by atoms with E-state index in [0.29, 0.717) is 16.7 Å². The molecule has 0 unspecified atom stereocenters. The molecule has 0 aliphatic heterocycles. The second-order valence-electron chi connectivity index (χ2n) is 5.76. The fourth-order valence-corrected chi connectivity index (χ4v) is 4.72. The molecule has 0 amide bonds. The number of Topliss-reactive ketones (excluding diaryl/α,β-unsaturated/α-hetero) is 1. The SMILES string of the molecule is O=C1C(S(=O)(=O)c2ccccc2)=C(c2ccccc2)c2ccccc21. The number of carbonyl (C=O) groups excluding carboxylic acids is 1. The van der Waals surface area contributed by atoms with Gasteiger partial charge in [0.05, 0.1) is 4.90 Å². The molecule has 0 radical (unpaired) electrons. The van der Waals surface area contributed by atoms with E-state index in [1.165, 1.54) is 12.1 Å². The minimum Gasteiger partial charge on any atom is -0.288 e. The van der Waals surface area contributed by atoms with Gasteiger partial charge in [-0.3, -0.25) is 4.79 Å². The van der Waals surface area contributed by atoms with Gasteiger partial charge >= 0.3 is 0 Å². The fraction of sp³-hybridized carbons (Fsp3) is 0. The molecule has 122 valence electrons. The van der Waals surface area contributed by atoms with E-state index in [9.17, 15) is 13.2 Å². The highest BCUT2D eigenvalue weighted by molar-refractivity contribution is 7.96. The van der Waals surface area contributed by atoms with Crippen LogP contribution >= 0.6 is 0 Å². The summed E-state index contributed by atoms with van der Waals surface area (Å²) in [5, 5.41) is 0. The summed E-state index contributed by atoms with van der Waals surface area (Å²) in [4.78, 5) is 12.9. The summed E-state index contributed by atoms with van der Waals surface area (Å²) < 4.78 is 26.4. The lowest BCUT2D eigenvalue weighted by molar-refractivity contribution is 0.104. The van der Waals surface area contributed by atoms with E-state index in [1.54, 1.807) is 36.4 Å². The second-order valence-corrected chi connectivity index (χ2v) is 7.65. The summed E-state index contributed by atoms with van der Waals surface area (Å²) in [5.74, 6) is -0.446. The first-order valence-electron chi connectivity index (χ1n) is 7.84. The van der Waals surface area contributed by atoms with Gasteiger partial charge in [-0.25, -0.2) is 8.42 Å². The minimum atomic E-state index is -3.92. The summed E-state index contributed by atoms with van der Waals surface area (Å²) in [6.07, 6.45) is 0. The Bertz CT molecular complexity index is 1100. The number of hydrogen-bond acceptors (Lipinski definition) is 3. The van der Waals surface area contributed by atoms with E-state index < -0.39 is 15.6 Å². The lowest BCUT2D eigenvalue weighted by Crippen LogP contribution is -2.12. The maximum Gasteiger partial charge on any atom is 0.211 e. The monoisotopic (exact) mass is 346 g/mol. The number of rotatable bonds is 3. The molecular formula is C21H14O3S. The zero-order valence-corrected chi connectivity index (χ0v) is 14.0. The highest BCUT2D eigenvalue weighted by atomic mass is 32.2. The smallest absolute Gasteiger partial charge is 0.211 e. The number of allylic oxidation sites excluding steroid dienone is 1. The predicted octanol–water partition coefficient (Wildman–Crippen LogP) is 4.12. The largest absolute Gasteiger partial charge is 0.288 e. The van der Waals surface area contributed by atoms with Gasteiger partial charge in [0.2, 0.25) is 15.6 Å². The van der Waals surface area contributed by atoms with E-state index in [1.807, 2.05) is 36.4 Å². The first kappa shape index (κ1) is 15.5. The molecule has 0 saturated carbocycles. The topological polar surface area (TPSA) is 51.2 Å². The van der Waals surface area contributed by atoms with Gasteiger partial charge in [-0.2, -0.15) is 0 Å². The summed E-state index contributed by atoms with van der Waals surface area (Å²) in [6.45, 7) is 0. The maximum atomic E-state index is 13.2. The van der Waals surface area contributed by atoms with Gasteiger partial charge in [-0.05, 0) is 23.3 Å². The number of hydrogen-bond donors (Lipinski definition) is 0. The Labute approximate surface area is 146 Å². The zero-order chi connectivity index (χ0) is 17.4. The van der Waals surface area contributed by atoms with Crippen LogP contribution in [-0.2, 0) is 9.84 Å². The van der Waals surface area contributed by atoms with Crippen LogP contribution in [-0.4, -0.2) is 14.2 Å². The van der Waals surface area contributed by atoms with Crippen LogP contribution in [0.5, 0.6) is 0 Å². The number of ketones is 1. The Hall–Kier alpha value is -2.98. The first-order valence-corrected chi connectivity index (χ1v) is 9.33. The van der Waals surface area contributed by atoms with Gasteiger partial charge in [0, 0.05) is 11.1 Å². The van der Waals surface area contributed by atoms with E-state index in [4.69, 9.17) is 0 Å². The molecule has 0 atom stereocenters. The molecule has 3 nitrogen and oxygen atoms in total. The van der Waals surface area contributed by atoms with Crippen molar-refractivity contribution in [2.75, 3.05) is 0 Å². The van der Waals surface area contributed by atoms with Crippen LogP contribution in [0.1, 0.15) is 21.5 Å². The van der Waals surface area contributed by atoms with Gasteiger partial charge in [0.1, 0.15) is 4.91 Å². The highest BCUT2D eigenvalue weighted by Crippen LogP contribution is 2.41. The normalized spacial score (nSPS) is 13.8. The molecule has 3 aromatic rings. The number of sulfone groups is 1. The Kier molecular flexibility index (Phi) is 3.62. The van der Waals surface area contributed by atoms with Crippen molar-refractivity contribution in [2.24, 2.45) is 0 Å². The molecule has 4 rings (SSSR count). The molecule has 0 saturated heterocycles. The molecule has 0 N–H and O–H groups in total. The third-order valence-corrected chi connectivity index (χ3v) is 6.08. The minimum absolute atomic E-state index is 0.125. The number of carbonyl (C=O) groups is 1. The molecule has 25 heavy (non-hydrogen) atoms. The number of benzene rings is 3. The third-order valence-electron chi connectivity index (χ3n) is 4.26. The second kappa shape index (κ2) is 5.83. The van der Waals surface area contributed by atoms with Crippen LogP contribution in [0.2, 0.25) is 0 Å². The van der Waals surface area contributed by atoms with Crippen molar-refractivity contribution in [3.8, 4) is 0 Å². The quantitative estimate of drug-likeness (QED) is 0.717. The van der Waals surface area contributed by atoms with Crippen LogP contribution in [0.4, 0.5) is 0 Å². The van der Waals surface area contributed by atoms with Crippen LogP contribution in [0.3, 0.4) is 0 Å². The highest BCUT2D eigenvalue weighted by Gasteiger charge is 2.38. The first-order chi connectivity index (χ1) is 12.1. The molecule has 4 heteroatoms. The molecule has 3 aromatic carbocycles. The van der Waals surface area contributed by atoms with Gasteiger partial charge in [0.15, 0.2) is 0 Å². The van der Waals surface area contributed by atoms with Crippen molar-refractivity contribution in [2.45, 2.75) is 4.90 Å². The lowest BCUT2D eigenvalue weighted by Gasteiger charge is -2.09. The van der Waals surface area contributed by atoms with E-state index in [2.05, 4.69) is 0 Å². The molecule has 0 fully saturated rings. The Balaban J connectivity index is 2.06. The fourth-order valence-electron chi connectivity index (χ4n) is 3.12. The number of fused-ring (bicyclic) bond motifs is 1. The van der Waals surface area contributed by atoms with Crippen molar-refractivity contribution in [1.82, 2.24) is 0 Å². The lowest BCUT2D eigenvalue weighted by atomic mass is 9.99. The van der Waals surface area contributed by atoms with Crippen molar-refractivity contribution in [1.29, 1.82) is 0 Å². The molecule has 0 aromatic heterocycles. The van der Waals surface area contributed by atoms with Crippen molar-refractivity contribution in [3.05, 3.63) is 107 Å². The van der Waals surface area contributed by atoms with E-state index in [0.717, 1.165) is 5.56 Å². The van der Waals surface area contributed by atoms with Crippen LogP contribution in [0.25, 0.3) is 5.57 Å². The maximum absolute atomic E-state index is 13.2. The molecule has 0 spiro atoms. The van der Waals surface area contributed by atoms with Gasteiger partial charge < -0.3 is 0 Å².